The first kappa shape index (κ1) is 11.7. The molecule has 0 radical (unpaired) electrons. The van der Waals surface area contributed by atoms with E-state index >= 15 is 0 Å². The zero-order chi connectivity index (χ0) is 11.1. The molecule has 0 spiro atoms. The fourth-order valence-corrected chi connectivity index (χ4v) is 1.21. The summed E-state index contributed by atoms with van der Waals surface area (Å²) in [6.45, 7) is 3.35. The van der Waals surface area contributed by atoms with Gasteiger partial charge in [-0.05, 0) is 17.7 Å². The highest BCUT2D eigenvalue weighted by Gasteiger charge is 1.94. The third-order valence-electron chi connectivity index (χ3n) is 1.89. The van der Waals surface area contributed by atoms with Crippen LogP contribution < -0.4 is 10.6 Å². The number of hydrogen-bond donors (Lipinski definition) is 2. The molecule has 0 bridgehead atoms. The molecule has 1 amide bonds. The molecule has 0 heterocycles. The largest absolute Gasteiger partial charge is 0.355 e. The fraction of sp³-hybridized carbons (Fsp3) is 0.364. The topological polar surface area (TPSA) is 41.1 Å². The Morgan fingerprint density at radius 3 is 2.87 bits per heavy atom. The smallest absolute Gasteiger partial charge is 0.216 e. The molecule has 15 heavy (non-hydrogen) atoms. The molecule has 1 aromatic carbocycles. The van der Waals surface area contributed by atoms with Gasteiger partial charge in [0.05, 0.1) is 0 Å². The summed E-state index contributed by atoms with van der Waals surface area (Å²) in [4.78, 5) is 10.5. The van der Waals surface area contributed by atoms with E-state index in [0.29, 0.717) is 19.6 Å². The van der Waals surface area contributed by atoms with Crippen molar-refractivity contribution >= 4 is 5.91 Å². The summed E-state index contributed by atoms with van der Waals surface area (Å²) in [7, 11) is 0. The van der Waals surface area contributed by atoms with Crippen LogP contribution in [0, 0.1) is 5.82 Å². The highest BCUT2D eigenvalue weighted by atomic mass is 19.1. The molecule has 0 aliphatic rings. The second-order valence-corrected chi connectivity index (χ2v) is 3.29. The monoisotopic (exact) mass is 210 g/mol. The molecule has 1 rings (SSSR count). The van der Waals surface area contributed by atoms with Gasteiger partial charge in [0.25, 0.3) is 0 Å². The highest BCUT2D eigenvalue weighted by molar-refractivity contribution is 5.72. The third kappa shape index (κ3) is 5.12. The summed E-state index contributed by atoms with van der Waals surface area (Å²) in [6, 6.07) is 6.45. The summed E-state index contributed by atoms with van der Waals surface area (Å²) >= 11 is 0. The van der Waals surface area contributed by atoms with Crippen LogP contribution >= 0.6 is 0 Å². The molecule has 0 saturated heterocycles. The second kappa shape index (κ2) is 6.14. The average Bonchev–Trinajstić information content (AvgIpc) is 2.17. The van der Waals surface area contributed by atoms with Crippen LogP contribution in [0.4, 0.5) is 4.39 Å². The molecule has 0 atom stereocenters. The number of benzene rings is 1. The van der Waals surface area contributed by atoms with Crippen LogP contribution in [0.1, 0.15) is 12.5 Å². The van der Waals surface area contributed by atoms with Crippen LogP contribution in [0.5, 0.6) is 0 Å². The van der Waals surface area contributed by atoms with Crippen molar-refractivity contribution in [3.8, 4) is 0 Å². The molecular weight excluding hydrogens is 195 g/mol. The molecular formula is C11H15FN2O. The number of carbonyl (C=O) groups excluding carboxylic acids is 1. The van der Waals surface area contributed by atoms with E-state index in [-0.39, 0.29) is 11.7 Å². The van der Waals surface area contributed by atoms with Crippen LogP contribution in [0.15, 0.2) is 24.3 Å². The van der Waals surface area contributed by atoms with Crippen LogP contribution in [-0.4, -0.2) is 19.0 Å². The molecule has 3 nitrogen and oxygen atoms in total. The summed E-state index contributed by atoms with van der Waals surface area (Å²) < 4.78 is 12.8. The lowest BCUT2D eigenvalue weighted by molar-refractivity contribution is -0.118. The van der Waals surface area contributed by atoms with Gasteiger partial charge < -0.3 is 10.6 Å². The molecule has 2 N–H and O–H groups in total. The van der Waals surface area contributed by atoms with Gasteiger partial charge in [-0.1, -0.05) is 12.1 Å². The maximum Gasteiger partial charge on any atom is 0.216 e. The Morgan fingerprint density at radius 2 is 2.20 bits per heavy atom. The van der Waals surface area contributed by atoms with E-state index < -0.39 is 0 Å². The van der Waals surface area contributed by atoms with Gasteiger partial charge in [-0.2, -0.15) is 0 Å². The van der Waals surface area contributed by atoms with Crippen molar-refractivity contribution in [3.63, 3.8) is 0 Å². The van der Waals surface area contributed by atoms with Crippen LogP contribution in [0.25, 0.3) is 0 Å². The molecule has 0 aliphatic heterocycles. The maximum absolute atomic E-state index is 12.8. The van der Waals surface area contributed by atoms with Crippen LogP contribution in [-0.2, 0) is 11.3 Å². The SMILES string of the molecule is CC(=O)NCCNCc1cccc(F)c1. The van der Waals surface area contributed by atoms with E-state index in [9.17, 15) is 9.18 Å². The van der Waals surface area contributed by atoms with E-state index in [4.69, 9.17) is 0 Å². The molecule has 0 aromatic heterocycles. The summed E-state index contributed by atoms with van der Waals surface area (Å²) in [5.74, 6) is -0.265. The first-order valence-electron chi connectivity index (χ1n) is 4.88. The average molecular weight is 210 g/mol. The van der Waals surface area contributed by atoms with Gasteiger partial charge in [0.15, 0.2) is 0 Å². The van der Waals surface area contributed by atoms with Crippen molar-refractivity contribution in [2.75, 3.05) is 13.1 Å². The lowest BCUT2D eigenvalue weighted by atomic mass is 10.2. The molecule has 82 valence electrons. The Hall–Kier alpha value is -1.42. The number of rotatable bonds is 5. The first-order valence-corrected chi connectivity index (χ1v) is 4.88. The lowest BCUT2D eigenvalue weighted by Crippen LogP contribution is -2.29. The lowest BCUT2D eigenvalue weighted by Gasteiger charge is -2.05. The molecule has 0 fully saturated rings. The zero-order valence-corrected chi connectivity index (χ0v) is 8.72. The van der Waals surface area contributed by atoms with Crippen molar-refractivity contribution in [2.24, 2.45) is 0 Å². The molecule has 0 aliphatic carbocycles. The first-order chi connectivity index (χ1) is 7.18. The summed E-state index contributed by atoms with van der Waals surface area (Å²) in [6.07, 6.45) is 0. The van der Waals surface area contributed by atoms with E-state index in [1.54, 1.807) is 6.07 Å². The Labute approximate surface area is 88.7 Å². The van der Waals surface area contributed by atoms with Gasteiger partial charge in [0.1, 0.15) is 5.82 Å². The number of amides is 1. The minimum Gasteiger partial charge on any atom is -0.355 e. The van der Waals surface area contributed by atoms with Gasteiger partial charge in [-0.3, -0.25) is 4.79 Å². The van der Waals surface area contributed by atoms with Gasteiger partial charge in [-0.25, -0.2) is 4.39 Å². The van der Waals surface area contributed by atoms with Crippen molar-refractivity contribution < 1.29 is 9.18 Å². The predicted octanol–water partition coefficient (Wildman–Crippen LogP) is 1.05. The van der Waals surface area contributed by atoms with E-state index in [2.05, 4.69) is 10.6 Å². The van der Waals surface area contributed by atoms with E-state index in [0.717, 1.165) is 5.56 Å². The maximum atomic E-state index is 12.8. The van der Waals surface area contributed by atoms with Crippen molar-refractivity contribution in [1.82, 2.24) is 10.6 Å². The standard InChI is InChI=1S/C11H15FN2O/c1-9(15)14-6-5-13-8-10-3-2-4-11(12)7-10/h2-4,7,13H,5-6,8H2,1H3,(H,14,15). The van der Waals surface area contributed by atoms with Gasteiger partial charge in [0, 0.05) is 26.6 Å². The zero-order valence-electron chi connectivity index (χ0n) is 8.72. The minimum absolute atomic E-state index is 0.0393. The summed E-state index contributed by atoms with van der Waals surface area (Å²) in [5.41, 5.74) is 0.901. The second-order valence-electron chi connectivity index (χ2n) is 3.29. The van der Waals surface area contributed by atoms with Crippen LogP contribution in [0.3, 0.4) is 0 Å². The highest BCUT2D eigenvalue weighted by Crippen LogP contribution is 2.02. The van der Waals surface area contributed by atoms with Crippen LogP contribution in [0.2, 0.25) is 0 Å². The summed E-state index contributed by atoms with van der Waals surface area (Å²) in [5, 5.41) is 5.77. The fourth-order valence-electron chi connectivity index (χ4n) is 1.21. The Kier molecular flexibility index (Phi) is 4.77. The number of hydrogen-bond acceptors (Lipinski definition) is 2. The quantitative estimate of drug-likeness (QED) is 0.713. The Bertz CT molecular complexity index is 328. The van der Waals surface area contributed by atoms with Crippen molar-refractivity contribution in [3.05, 3.63) is 35.6 Å². The number of nitrogens with one attached hydrogen (secondary N) is 2. The van der Waals surface area contributed by atoms with Crippen molar-refractivity contribution in [1.29, 1.82) is 0 Å². The predicted molar refractivity (Wildman–Crippen MR) is 56.8 cm³/mol. The van der Waals surface area contributed by atoms with Gasteiger partial charge >= 0.3 is 0 Å². The minimum atomic E-state index is -0.226. The van der Waals surface area contributed by atoms with E-state index in [1.807, 2.05) is 6.07 Å². The Balaban J connectivity index is 2.17. The Morgan fingerprint density at radius 1 is 1.40 bits per heavy atom. The van der Waals surface area contributed by atoms with E-state index in [1.165, 1.54) is 19.1 Å². The molecule has 0 unspecified atom stereocenters. The number of carbonyl (C=O) groups is 1. The normalized spacial score (nSPS) is 10.0. The van der Waals surface area contributed by atoms with Gasteiger partial charge in [-0.15, -0.1) is 0 Å². The van der Waals surface area contributed by atoms with Crippen molar-refractivity contribution in [2.45, 2.75) is 13.5 Å². The van der Waals surface area contributed by atoms with Gasteiger partial charge in [0.2, 0.25) is 5.91 Å². The third-order valence-corrected chi connectivity index (χ3v) is 1.89. The number of halogens is 1. The molecule has 1 aromatic rings. The molecule has 4 heteroatoms. The molecule has 0 saturated carbocycles.